The first kappa shape index (κ1) is 16.8. The highest BCUT2D eigenvalue weighted by Gasteiger charge is 2.28. The van der Waals surface area contributed by atoms with E-state index in [1.807, 2.05) is 34.6 Å². The first-order chi connectivity index (χ1) is 7.64. The molecule has 17 heavy (non-hydrogen) atoms. The van der Waals surface area contributed by atoms with Crippen LogP contribution in [-0.4, -0.2) is 38.4 Å². The number of nitrogens with zero attached hydrogens (tertiary/aromatic N) is 1. The zero-order valence-corrected chi connectivity index (χ0v) is 12.5. The molecule has 0 heterocycles. The second-order valence-corrected chi connectivity index (χ2v) is 7.18. The third-order valence-corrected chi connectivity index (χ3v) is 4.12. The van der Waals surface area contributed by atoms with Crippen molar-refractivity contribution >= 4 is 10.2 Å². The van der Waals surface area contributed by atoms with Crippen LogP contribution in [0.15, 0.2) is 0 Å². The Labute approximate surface area is 106 Å². The Hall–Kier alpha value is -0.170. The Morgan fingerprint density at radius 2 is 1.88 bits per heavy atom. The lowest BCUT2D eigenvalue weighted by atomic mass is 9.94. The van der Waals surface area contributed by atoms with Crippen molar-refractivity contribution in [2.45, 2.75) is 47.1 Å². The topological polar surface area (TPSA) is 75.4 Å². The number of rotatable bonds is 8. The smallest absolute Gasteiger partial charge is 0.279 e. The van der Waals surface area contributed by atoms with E-state index < -0.39 is 10.2 Å². The molecular formula is C11H27N3O2S. The van der Waals surface area contributed by atoms with E-state index in [4.69, 9.17) is 5.73 Å². The van der Waals surface area contributed by atoms with Crippen molar-refractivity contribution in [2.24, 2.45) is 11.1 Å². The van der Waals surface area contributed by atoms with Gasteiger partial charge in [0.25, 0.3) is 10.2 Å². The maximum Gasteiger partial charge on any atom is 0.279 e. The molecule has 0 saturated carbocycles. The molecule has 0 aliphatic rings. The highest BCUT2D eigenvalue weighted by Crippen LogP contribution is 2.17. The zero-order chi connectivity index (χ0) is 13.7. The number of hydrogen-bond donors (Lipinski definition) is 2. The van der Waals surface area contributed by atoms with Crippen LogP contribution >= 0.6 is 0 Å². The average molecular weight is 265 g/mol. The van der Waals surface area contributed by atoms with Gasteiger partial charge in [-0.2, -0.15) is 17.4 Å². The van der Waals surface area contributed by atoms with E-state index >= 15 is 0 Å². The number of nitrogens with two attached hydrogens (primary N) is 1. The molecule has 0 saturated heterocycles. The summed E-state index contributed by atoms with van der Waals surface area (Å²) in [6.07, 6.45) is 0.791. The first-order valence-corrected chi connectivity index (χ1v) is 7.56. The van der Waals surface area contributed by atoms with Gasteiger partial charge in [-0.25, -0.2) is 0 Å². The maximum absolute atomic E-state index is 12.1. The largest absolute Gasteiger partial charge is 0.330 e. The number of hydrogen-bond acceptors (Lipinski definition) is 3. The van der Waals surface area contributed by atoms with Crippen molar-refractivity contribution in [3.8, 4) is 0 Å². The Bertz CT molecular complexity index is 313. The van der Waals surface area contributed by atoms with E-state index in [0.29, 0.717) is 19.6 Å². The molecule has 0 rings (SSSR count). The van der Waals surface area contributed by atoms with E-state index in [2.05, 4.69) is 4.72 Å². The molecule has 0 amide bonds. The van der Waals surface area contributed by atoms with Gasteiger partial charge >= 0.3 is 0 Å². The van der Waals surface area contributed by atoms with Crippen LogP contribution in [0, 0.1) is 5.41 Å². The van der Waals surface area contributed by atoms with Gasteiger partial charge in [0, 0.05) is 19.1 Å². The molecule has 0 fully saturated rings. The highest BCUT2D eigenvalue weighted by atomic mass is 32.2. The molecule has 0 aromatic carbocycles. The zero-order valence-electron chi connectivity index (χ0n) is 11.7. The molecule has 0 unspecified atom stereocenters. The Morgan fingerprint density at radius 1 is 1.35 bits per heavy atom. The Kier molecular flexibility index (Phi) is 6.61. The summed E-state index contributed by atoms with van der Waals surface area (Å²) < 4.78 is 28.3. The third kappa shape index (κ3) is 6.35. The van der Waals surface area contributed by atoms with Crippen molar-refractivity contribution in [2.75, 3.05) is 19.6 Å². The summed E-state index contributed by atoms with van der Waals surface area (Å²) in [5, 5.41) is 0. The summed E-state index contributed by atoms with van der Waals surface area (Å²) in [7, 11) is -3.40. The van der Waals surface area contributed by atoms with Crippen molar-refractivity contribution in [1.82, 2.24) is 9.03 Å². The summed E-state index contributed by atoms with van der Waals surface area (Å²) in [4.78, 5) is 0. The van der Waals surface area contributed by atoms with E-state index in [1.54, 1.807) is 0 Å². The van der Waals surface area contributed by atoms with E-state index in [-0.39, 0.29) is 11.5 Å². The van der Waals surface area contributed by atoms with Crippen LogP contribution < -0.4 is 10.5 Å². The van der Waals surface area contributed by atoms with Gasteiger partial charge in [-0.05, 0) is 32.2 Å². The second kappa shape index (κ2) is 6.68. The molecule has 0 radical (unpaired) electrons. The average Bonchev–Trinajstić information content (AvgIpc) is 2.15. The summed E-state index contributed by atoms with van der Waals surface area (Å²) in [5.41, 5.74) is 5.45. The van der Waals surface area contributed by atoms with Gasteiger partial charge in [0.1, 0.15) is 0 Å². The standard InChI is InChI=1S/C11H27N3O2S/c1-6-7-14(9-11(4,5)8-12)17(15,16)13-10(2)3/h10,13H,6-9,12H2,1-5H3. The Morgan fingerprint density at radius 3 is 2.24 bits per heavy atom. The van der Waals surface area contributed by atoms with Gasteiger partial charge in [-0.3, -0.25) is 0 Å². The first-order valence-electron chi connectivity index (χ1n) is 6.12. The van der Waals surface area contributed by atoms with Gasteiger partial charge in [-0.1, -0.05) is 20.8 Å². The molecule has 0 bridgehead atoms. The minimum Gasteiger partial charge on any atom is -0.330 e. The van der Waals surface area contributed by atoms with Crippen molar-refractivity contribution in [3.63, 3.8) is 0 Å². The summed E-state index contributed by atoms with van der Waals surface area (Å²) in [6, 6.07) is -0.0969. The number of nitrogens with one attached hydrogen (secondary N) is 1. The van der Waals surface area contributed by atoms with Crippen molar-refractivity contribution < 1.29 is 8.42 Å². The van der Waals surface area contributed by atoms with Gasteiger partial charge in [-0.15, -0.1) is 0 Å². The quantitative estimate of drug-likeness (QED) is 0.685. The molecule has 0 aromatic heterocycles. The fraction of sp³-hybridized carbons (Fsp3) is 1.00. The molecule has 0 spiro atoms. The minimum atomic E-state index is -3.40. The van der Waals surface area contributed by atoms with E-state index in [9.17, 15) is 8.42 Å². The van der Waals surface area contributed by atoms with Crippen LogP contribution in [0.25, 0.3) is 0 Å². The molecule has 0 aliphatic heterocycles. The third-order valence-electron chi connectivity index (χ3n) is 2.35. The molecule has 104 valence electrons. The maximum atomic E-state index is 12.1. The normalized spacial score (nSPS) is 13.6. The molecule has 0 aliphatic carbocycles. The lowest BCUT2D eigenvalue weighted by Crippen LogP contribution is -2.48. The molecule has 0 atom stereocenters. The lowest BCUT2D eigenvalue weighted by molar-refractivity contribution is 0.263. The van der Waals surface area contributed by atoms with Crippen molar-refractivity contribution in [3.05, 3.63) is 0 Å². The summed E-state index contributed by atoms with van der Waals surface area (Å²) >= 11 is 0. The van der Waals surface area contributed by atoms with Crippen LogP contribution in [0.2, 0.25) is 0 Å². The predicted octanol–water partition coefficient (Wildman–Crippen LogP) is 0.926. The fourth-order valence-electron chi connectivity index (χ4n) is 1.45. The fourth-order valence-corrected chi connectivity index (χ4v) is 3.14. The van der Waals surface area contributed by atoms with Crippen LogP contribution in [-0.2, 0) is 10.2 Å². The van der Waals surface area contributed by atoms with Crippen LogP contribution in [0.1, 0.15) is 41.0 Å². The molecule has 6 heteroatoms. The van der Waals surface area contributed by atoms with Gasteiger partial charge in [0.15, 0.2) is 0 Å². The second-order valence-electron chi connectivity index (χ2n) is 5.48. The predicted molar refractivity (Wildman–Crippen MR) is 71.9 cm³/mol. The minimum absolute atomic E-state index is 0.0969. The molecule has 0 aromatic rings. The molecule has 5 nitrogen and oxygen atoms in total. The monoisotopic (exact) mass is 265 g/mol. The van der Waals surface area contributed by atoms with Crippen LogP contribution in [0.5, 0.6) is 0 Å². The van der Waals surface area contributed by atoms with E-state index in [1.165, 1.54) is 4.31 Å². The summed E-state index contributed by atoms with van der Waals surface area (Å²) in [6.45, 7) is 11.0. The molecule has 3 N–H and O–H groups in total. The van der Waals surface area contributed by atoms with Crippen LogP contribution in [0.3, 0.4) is 0 Å². The summed E-state index contributed by atoms with van der Waals surface area (Å²) in [5.74, 6) is 0. The Balaban J connectivity index is 4.85. The van der Waals surface area contributed by atoms with Gasteiger partial charge in [0.2, 0.25) is 0 Å². The highest BCUT2D eigenvalue weighted by molar-refractivity contribution is 7.87. The molecular weight excluding hydrogens is 238 g/mol. The van der Waals surface area contributed by atoms with Crippen LogP contribution in [0.4, 0.5) is 0 Å². The van der Waals surface area contributed by atoms with Gasteiger partial charge in [0.05, 0.1) is 0 Å². The van der Waals surface area contributed by atoms with Gasteiger partial charge < -0.3 is 5.73 Å². The van der Waals surface area contributed by atoms with Crippen molar-refractivity contribution in [1.29, 1.82) is 0 Å². The lowest BCUT2D eigenvalue weighted by Gasteiger charge is -2.31. The van der Waals surface area contributed by atoms with E-state index in [0.717, 1.165) is 6.42 Å². The SMILES string of the molecule is CCCN(CC(C)(C)CN)S(=O)(=O)NC(C)C.